The summed E-state index contributed by atoms with van der Waals surface area (Å²) in [6.07, 6.45) is 0. The van der Waals surface area contributed by atoms with E-state index in [0.29, 0.717) is 0 Å². The summed E-state index contributed by atoms with van der Waals surface area (Å²) in [7, 11) is 11.0. The van der Waals surface area contributed by atoms with Crippen LogP contribution in [0.15, 0.2) is 0 Å². The first-order valence-corrected chi connectivity index (χ1v) is 6.79. The normalized spacial score (nSPS) is 12.0. The average molecular weight is 328 g/mol. The molecule has 7 nitrogen and oxygen atoms in total. The molecule has 22 heavy (non-hydrogen) atoms. The van der Waals surface area contributed by atoms with Crippen molar-refractivity contribution >= 4 is 0 Å². The van der Waals surface area contributed by atoms with Gasteiger partial charge < -0.3 is 33.2 Å². The van der Waals surface area contributed by atoms with Crippen molar-refractivity contribution in [2.75, 3.05) is 49.8 Å². The molecule has 0 aliphatic heterocycles. The van der Waals surface area contributed by atoms with E-state index in [1.54, 1.807) is 35.4 Å². The van der Waals surface area contributed by atoms with Crippen molar-refractivity contribution in [3.63, 3.8) is 0 Å². The Bertz CT molecular complexity index is 202. The molecule has 0 spiro atoms. The molecule has 138 valence electrons. The zero-order valence-electron chi connectivity index (χ0n) is 16.4. The van der Waals surface area contributed by atoms with Crippen LogP contribution in [-0.4, -0.2) is 67.3 Å². The molecule has 0 aliphatic rings. The Labute approximate surface area is 136 Å². The van der Waals surface area contributed by atoms with Gasteiger partial charge in [0.05, 0.1) is 0 Å². The molecule has 0 fully saturated rings. The second-order valence-electron chi connectivity index (χ2n) is 5.09. The second-order valence-corrected chi connectivity index (χ2v) is 5.09. The van der Waals surface area contributed by atoms with Crippen LogP contribution in [0.1, 0.15) is 34.6 Å². The van der Waals surface area contributed by atoms with Crippen LogP contribution in [0.3, 0.4) is 0 Å². The minimum absolute atomic E-state index is 0.417. The lowest BCUT2D eigenvalue weighted by atomic mass is 10.4. The SMILES string of the molecule is COC(C)(C)OC.COC(C)(C)OC.COC(C)(OC)OC. The highest BCUT2D eigenvalue weighted by Crippen LogP contribution is 2.08. The van der Waals surface area contributed by atoms with Crippen LogP contribution < -0.4 is 0 Å². The van der Waals surface area contributed by atoms with E-state index in [1.807, 2.05) is 27.7 Å². The molecule has 0 atom stereocenters. The summed E-state index contributed by atoms with van der Waals surface area (Å²) in [6, 6.07) is 0. The van der Waals surface area contributed by atoms with E-state index in [1.165, 1.54) is 21.3 Å². The zero-order chi connectivity index (χ0) is 18.4. The van der Waals surface area contributed by atoms with Gasteiger partial charge in [0.1, 0.15) is 0 Å². The molecular weight excluding hydrogens is 292 g/mol. The van der Waals surface area contributed by atoms with E-state index >= 15 is 0 Å². The smallest absolute Gasteiger partial charge is 0.279 e. The summed E-state index contributed by atoms with van der Waals surface area (Å²) >= 11 is 0. The molecule has 0 radical (unpaired) electrons. The monoisotopic (exact) mass is 328 g/mol. The largest absolute Gasteiger partial charge is 0.354 e. The predicted octanol–water partition coefficient (Wildman–Crippen LogP) is 2.63. The lowest BCUT2D eigenvalue weighted by Gasteiger charge is -2.23. The van der Waals surface area contributed by atoms with Crippen LogP contribution in [-0.2, 0) is 33.2 Å². The molecular formula is C15H36O7. The Kier molecular flexibility index (Phi) is 15.9. The molecule has 0 aromatic heterocycles. The molecule has 0 aromatic rings. The highest BCUT2D eigenvalue weighted by Gasteiger charge is 2.20. The molecule has 0 heterocycles. The molecule has 0 bridgehead atoms. The molecule has 0 amide bonds. The van der Waals surface area contributed by atoms with Gasteiger partial charge in [0.15, 0.2) is 11.6 Å². The van der Waals surface area contributed by atoms with E-state index < -0.39 is 17.5 Å². The summed E-state index contributed by atoms with van der Waals surface area (Å²) in [5.74, 6) is -1.71. The third-order valence-corrected chi connectivity index (χ3v) is 3.08. The quantitative estimate of drug-likeness (QED) is 0.666. The fourth-order valence-electron chi connectivity index (χ4n) is 0.417. The maximum Gasteiger partial charge on any atom is 0.279 e. The lowest BCUT2D eigenvalue weighted by Crippen LogP contribution is -2.31. The van der Waals surface area contributed by atoms with Crippen LogP contribution in [0.5, 0.6) is 0 Å². The van der Waals surface area contributed by atoms with Crippen LogP contribution in [0, 0.1) is 0 Å². The van der Waals surface area contributed by atoms with Crippen LogP contribution in [0.4, 0.5) is 0 Å². The van der Waals surface area contributed by atoms with Gasteiger partial charge in [0.25, 0.3) is 5.97 Å². The van der Waals surface area contributed by atoms with Crippen LogP contribution in [0.25, 0.3) is 0 Å². The second kappa shape index (κ2) is 13.2. The van der Waals surface area contributed by atoms with Crippen molar-refractivity contribution < 1.29 is 33.2 Å². The van der Waals surface area contributed by atoms with E-state index in [9.17, 15) is 0 Å². The number of rotatable bonds is 7. The van der Waals surface area contributed by atoms with E-state index in [2.05, 4.69) is 0 Å². The Morgan fingerprint density at radius 2 is 0.545 bits per heavy atom. The Balaban J connectivity index is -0.000000247. The summed E-state index contributed by atoms with van der Waals surface area (Å²) in [4.78, 5) is 0. The molecule has 0 saturated heterocycles. The van der Waals surface area contributed by atoms with Crippen LogP contribution >= 0.6 is 0 Å². The number of ether oxygens (including phenoxy) is 7. The van der Waals surface area contributed by atoms with Gasteiger partial charge in [-0.1, -0.05) is 0 Å². The van der Waals surface area contributed by atoms with Crippen molar-refractivity contribution in [1.82, 2.24) is 0 Å². The number of hydrogen-bond acceptors (Lipinski definition) is 7. The Morgan fingerprint density at radius 1 is 0.364 bits per heavy atom. The van der Waals surface area contributed by atoms with Gasteiger partial charge in [-0.05, 0) is 27.7 Å². The first-order chi connectivity index (χ1) is 9.92. The molecule has 0 saturated carbocycles. The zero-order valence-corrected chi connectivity index (χ0v) is 16.4. The minimum Gasteiger partial charge on any atom is -0.354 e. The third kappa shape index (κ3) is 16.1. The molecule has 0 N–H and O–H groups in total. The van der Waals surface area contributed by atoms with Gasteiger partial charge in [-0.2, -0.15) is 0 Å². The fourth-order valence-corrected chi connectivity index (χ4v) is 0.417. The topological polar surface area (TPSA) is 64.6 Å². The van der Waals surface area contributed by atoms with Crippen molar-refractivity contribution in [2.45, 2.75) is 52.2 Å². The maximum atomic E-state index is 4.86. The van der Waals surface area contributed by atoms with Gasteiger partial charge >= 0.3 is 0 Å². The van der Waals surface area contributed by atoms with Crippen LogP contribution in [0.2, 0.25) is 0 Å². The third-order valence-electron chi connectivity index (χ3n) is 3.08. The van der Waals surface area contributed by atoms with E-state index in [0.717, 1.165) is 0 Å². The first kappa shape index (κ1) is 26.6. The molecule has 0 unspecified atom stereocenters. The summed E-state index contributed by atoms with van der Waals surface area (Å²) < 4.78 is 33.8. The van der Waals surface area contributed by atoms with Gasteiger partial charge in [0, 0.05) is 56.7 Å². The number of methoxy groups -OCH3 is 7. The Morgan fingerprint density at radius 3 is 0.545 bits per heavy atom. The summed E-state index contributed by atoms with van der Waals surface area (Å²) in [5, 5.41) is 0. The summed E-state index contributed by atoms with van der Waals surface area (Å²) in [5.41, 5.74) is 0. The molecule has 0 aliphatic carbocycles. The lowest BCUT2D eigenvalue weighted by molar-refractivity contribution is -0.340. The van der Waals surface area contributed by atoms with E-state index in [-0.39, 0.29) is 0 Å². The minimum atomic E-state index is -0.875. The van der Waals surface area contributed by atoms with Crippen molar-refractivity contribution in [2.24, 2.45) is 0 Å². The average Bonchev–Trinajstić information content (AvgIpc) is 2.55. The Hall–Kier alpha value is -0.280. The standard InChI is InChI=1S/C5H12O3.2C5H12O2/c1-5(6-2,7-3)8-4;2*1-5(2,6-3)7-4/h1-4H3;2*1-4H3. The number of hydrogen-bond donors (Lipinski definition) is 0. The molecule has 0 aromatic carbocycles. The first-order valence-electron chi connectivity index (χ1n) is 6.79. The highest BCUT2D eigenvalue weighted by molar-refractivity contribution is 4.47. The molecule has 7 heteroatoms. The predicted molar refractivity (Wildman–Crippen MR) is 85.6 cm³/mol. The van der Waals surface area contributed by atoms with Gasteiger partial charge in [0.2, 0.25) is 0 Å². The van der Waals surface area contributed by atoms with Crippen molar-refractivity contribution in [3.05, 3.63) is 0 Å². The highest BCUT2D eigenvalue weighted by atomic mass is 16.9. The summed E-state index contributed by atoms with van der Waals surface area (Å²) in [6.45, 7) is 9.10. The van der Waals surface area contributed by atoms with Gasteiger partial charge in [-0.3, -0.25) is 0 Å². The molecule has 0 rings (SSSR count). The van der Waals surface area contributed by atoms with Crippen molar-refractivity contribution in [3.8, 4) is 0 Å². The van der Waals surface area contributed by atoms with Gasteiger partial charge in [-0.25, -0.2) is 0 Å². The maximum absolute atomic E-state index is 4.86. The fraction of sp³-hybridized carbons (Fsp3) is 1.00. The van der Waals surface area contributed by atoms with Crippen molar-refractivity contribution in [1.29, 1.82) is 0 Å². The van der Waals surface area contributed by atoms with E-state index in [4.69, 9.17) is 33.2 Å². The van der Waals surface area contributed by atoms with Gasteiger partial charge in [-0.15, -0.1) is 0 Å².